The molecule has 3 aromatic heterocycles. The van der Waals surface area contributed by atoms with Crippen molar-refractivity contribution in [2.75, 3.05) is 0 Å². The number of aromatic nitrogens is 4. The number of hydrogen-bond donors (Lipinski definition) is 0. The minimum absolute atomic E-state index is 0.126. The van der Waals surface area contributed by atoms with Crippen LogP contribution < -0.4 is 41.5 Å². The van der Waals surface area contributed by atoms with Gasteiger partial charge in [0.2, 0.25) is 5.95 Å². The molecule has 0 saturated carbocycles. The standard InChI is InChI=1S/C114H90N4Si2/c1-113(2,3)92-63-65-109-104(75-92)105-76-93(114(4,5)6)64-66-110(105)117(109)111-78-106(115-112(116-111)118-107-61-27-25-59-102(107)103-60-26-28-62-108(103)118)91-73-100(119(94-53-29-47-85(67-94)79-35-13-7-14-36-79,95-54-30-48-86(68-95)80-37-15-8-16-38-80)96-55-31-49-87(69-96)81-39-17-9-18-40-81)77-101(74-91)120(97-56-32-50-88(70-97)82-41-19-10-20-42-82,98-57-33-51-89(71-98)83-43-21-11-22-44-83)99-58-34-52-90(72-99)84-45-23-12-24-46-84/h7-78H,1-6H3. The first kappa shape index (κ1) is 74.7. The molecule has 4 nitrogen and oxygen atoms in total. The lowest BCUT2D eigenvalue weighted by molar-refractivity contribution is 0.590. The molecule has 0 fully saturated rings. The average molecular weight is 1570 g/mol. The van der Waals surface area contributed by atoms with E-state index in [0.29, 0.717) is 5.95 Å². The highest BCUT2D eigenvalue weighted by Crippen LogP contribution is 2.41. The Morgan fingerprint density at radius 3 is 0.742 bits per heavy atom. The van der Waals surface area contributed by atoms with Gasteiger partial charge in [0, 0.05) is 33.2 Å². The van der Waals surface area contributed by atoms with Crippen molar-refractivity contribution in [3.05, 3.63) is 448 Å². The molecule has 3 heterocycles. The maximum atomic E-state index is 6.28. The molecular formula is C114H90N4Si2. The van der Waals surface area contributed by atoms with Crippen LogP contribution in [0.4, 0.5) is 0 Å². The number of benzene rings is 17. The molecule has 0 aliphatic rings. The van der Waals surface area contributed by atoms with Gasteiger partial charge in [-0.3, -0.25) is 9.13 Å². The van der Waals surface area contributed by atoms with E-state index < -0.39 is 16.1 Å². The van der Waals surface area contributed by atoms with E-state index in [1.165, 1.54) is 63.4 Å². The van der Waals surface area contributed by atoms with E-state index in [1.807, 2.05) is 0 Å². The van der Waals surface area contributed by atoms with Gasteiger partial charge in [-0.2, -0.15) is 4.98 Å². The van der Waals surface area contributed by atoms with Gasteiger partial charge >= 0.3 is 0 Å². The van der Waals surface area contributed by atoms with Gasteiger partial charge in [0.25, 0.3) is 0 Å². The maximum absolute atomic E-state index is 6.28. The Bertz CT molecular complexity index is 6420. The highest BCUT2D eigenvalue weighted by molar-refractivity contribution is 7.22. The quantitative estimate of drug-likeness (QED) is 0.0673. The molecule has 0 unspecified atom stereocenters. The summed E-state index contributed by atoms with van der Waals surface area (Å²) >= 11 is 0. The minimum atomic E-state index is -3.91. The molecule has 574 valence electrons. The van der Waals surface area contributed by atoms with Crippen LogP contribution >= 0.6 is 0 Å². The Labute approximate surface area is 705 Å². The lowest BCUT2D eigenvalue weighted by atomic mass is 9.85. The molecule has 0 aliphatic heterocycles. The molecule has 17 aromatic carbocycles. The topological polar surface area (TPSA) is 35.6 Å². The molecule has 6 heteroatoms. The van der Waals surface area contributed by atoms with Crippen molar-refractivity contribution >= 4 is 101 Å². The normalized spacial score (nSPS) is 12.1. The number of nitrogens with zero attached hydrogens (tertiary/aromatic N) is 4. The van der Waals surface area contributed by atoms with E-state index in [9.17, 15) is 0 Å². The Morgan fingerprint density at radius 1 is 0.192 bits per heavy atom. The van der Waals surface area contributed by atoms with Gasteiger partial charge in [0.05, 0.1) is 27.8 Å². The molecule has 20 rings (SSSR count). The lowest BCUT2D eigenvalue weighted by Crippen LogP contribution is -2.78. The molecule has 0 saturated heterocycles. The van der Waals surface area contributed by atoms with Gasteiger partial charge in [-0.25, -0.2) is 4.98 Å². The summed E-state index contributed by atoms with van der Waals surface area (Å²) < 4.78 is 4.76. The Morgan fingerprint density at radius 2 is 0.450 bits per heavy atom. The summed E-state index contributed by atoms with van der Waals surface area (Å²) in [6, 6.07) is 166. The van der Waals surface area contributed by atoms with Crippen LogP contribution in [-0.2, 0) is 10.8 Å². The van der Waals surface area contributed by atoms with E-state index in [2.05, 4.69) is 487 Å². The summed E-state index contributed by atoms with van der Waals surface area (Å²) in [4.78, 5) is 12.4. The summed E-state index contributed by atoms with van der Waals surface area (Å²) in [6.07, 6.45) is 0. The van der Waals surface area contributed by atoms with Crippen LogP contribution in [0.2, 0.25) is 0 Å². The first-order chi connectivity index (χ1) is 58.7. The number of fused-ring (bicyclic) bond motifs is 6. The highest BCUT2D eigenvalue weighted by atomic mass is 28.3. The fourth-order valence-corrected chi connectivity index (χ4v) is 28.7. The van der Waals surface area contributed by atoms with Gasteiger partial charge in [0.15, 0.2) is 16.1 Å². The monoisotopic (exact) mass is 1570 g/mol. The van der Waals surface area contributed by atoms with Crippen molar-refractivity contribution in [2.45, 2.75) is 52.4 Å². The molecule has 0 spiro atoms. The molecule has 0 aliphatic carbocycles. The molecule has 0 amide bonds. The third-order valence-electron chi connectivity index (χ3n) is 24.7. The third kappa shape index (κ3) is 13.4. The van der Waals surface area contributed by atoms with E-state index >= 15 is 0 Å². The average Bonchev–Trinajstić information content (AvgIpc) is 0.990. The first-order valence-electron chi connectivity index (χ1n) is 41.8. The van der Waals surface area contributed by atoms with Crippen molar-refractivity contribution in [2.24, 2.45) is 0 Å². The van der Waals surface area contributed by atoms with Gasteiger partial charge in [0.1, 0.15) is 5.82 Å². The molecule has 0 N–H and O–H groups in total. The second-order valence-corrected chi connectivity index (χ2v) is 41.7. The Balaban J connectivity index is 1.01. The minimum Gasteiger partial charge on any atom is -0.294 e. The lowest BCUT2D eigenvalue weighted by Gasteiger charge is -2.39. The largest absolute Gasteiger partial charge is 0.294 e. The van der Waals surface area contributed by atoms with Crippen LogP contribution in [0, 0.1) is 0 Å². The Hall–Kier alpha value is -14.1. The van der Waals surface area contributed by atoms with Crippen LogP contribution in [0.5, 0.6) is 0 Å². The van der Waals surface area contributed by atoms with E-state index in [1.54, 1.807) is 0 Å². The van der Waals surface area contributed by atoms with Crippen LogP contribution in [0.3, 0.4) is 0 Å². The fourth-order valence-electron chi connectivity index (χ4n) is 18.7. The zero-order chi connectivity index (χ0) is 81.1. The van der Waals surface area contributed by atoms with Crippen LogP contribution in [0.25, 0.3) is 133 Å². The number of hydrogen-bond acceptors (Lipinski definition) is 2. The zero-order valence-electron chi connectivity index (χ0n) is 68.4. The van der Waals surface area contributed by atoms with Crippen molar-refractivity contribution in [1.82, 2.24) is 19.1 Å². The number of para-hydroxylation sites is 2. The summed E-state index contributed by atoms with van der Waals surface area (Å²) in [5.41, 5.74) is 21.9. The smallest absolute Gasteiger partial charge is 0.237 e. The van der Waals surface area contributed by atoms with Gasteiger partial charge in [-0.15, -0.1) is 0 Å². The van der Waals surface area contributed by atoms with Gasteiger partial charge < -0.3 is 0 Å². The van der Waals surface area contributed by atoms with Crippen molar-refractivity contribution in [3.63, 3.8) is 0 Å². The van der Waals surface area contributed by atoms with Crippen LogP contribution in [0.1, 0.15) is 52.7 Å². The molecule has 0 bridgehead atoms. The van der Waals surface area contributed by atoms with Gasteiger partial charge in [-0.05, 0) is 167 Å². The first-order valence-corrected chi connectivity index (χ1v) is 45.8. The van der Waals surface area contributed by atoms with Crippen molar-refractivity contribution < 1.29 is 0 Å². The van der Waals surface area contributed by atoms with E-state index in [0.717, 1.165) is 117 Å². The highest BCUT2D eigenvalue weighted by Gasteiger charge is 2.47. The van der Waals surface area contributed by atoms with Crippen molar-refractivity contribution in [3.8, 4) is 89.8 Å². The maximum Gasteiger partial charge on any atom is 0.237 e. The molecule has 120 heavy (non-hydrogen) atoms. The van der Waals surface area contributed by atoms with Crippen LogP contribution in [-0.4, -0.2) is 35.2 Å². The second kappa shape index (κ2) is 30.7. The summed E-state index contributed by atoms with van der Waals surface area (Å²) in [5.74, 6) is 1.32. The molecule has 20 aromatic rings. The summed E-state index contributed by atoms with van der Waals surface area (Å²) in [7, 11) is -7.83. The predicted octanol–water partition coefficient (Wildman–Crippen LogP) is 23.7. The second-order valence-electron chi connectivity index (χ2n) is 34.1. The Kier molecular flexibility index (Phi) is 19.1. The van der Waals surface area contributed by atoms with Crippen molar-refractivity contribution in [1.29, 1.82) is 0 Å². The van der Waals surface area contributed by atoms with E-state index in [4.69, 9.17) is 9.97 Å². The number of rotatable bonds is 17. The van der Waals surface area contributed by atoms with E-state index in [-0.39, 0.29) is 10.8 Å². The molecule has 0 radical (unpaired) electrons. The zero-order valence-corrected chi connectivity index (χ0v) is 70.4. The molecule has 0 atom stereocenters. The molecular weight excluding hydrogens is 1480 g/mol. The van der Waals surface area contributed by atoms with Crippen LogP contribution in [0.15, 0.2) is 437 Å². The van der Waals surface area contributed by atoms with Gasteiger partial charge in [-0.1, -0.05) is 436 Å². The third-order valence-corrected chi connectivity index (χ3v) is 34.1. The summed E-state index contributed by atoms with van der Waals surface area (Å²) in [6.45, 7) is 13.9. The summed E-state index contributed by atoms with van der Waals surface area (Å²) in [5, 5.41) is 14.4. The fraction of sp³-hybridized carbons (Fsp3) is 0.0702. The predicted molar refractivity (Wildman–Crippen MR) is 513 cm³/mol. The SMILES string of the molecule is CC(C)(C)c1ccc2c(c1)c1cc(C(C)(C)C)ccc1n2-c1cc(-c2cc([Si](c3cccc(-c4ccccc4)c3)(c3cccc(-c4ccccc4)c3)c3cccc(-c4ccccc4)c3)cc([Si](c3cccc(-c4ccccc4)c3)(c3cccc(-c4ccccc4)c3)c3cccc(-c4ccccc4)c3)c2)nc(-n2c3ccccc3c3ccccc32)n1.